The van der Waals surface area contributed by atoms with Gasteiger partial charge in [-0.2, -0.15) is 0 Å². The quantitative estimate of drug-likeness (QED) is 0.764. The number of rotatable bonds is 3. The molecular formula is C15H22BrN. The van der Waals surface area contributed by atoms with E-state index < -0.39 is 0 Å². The van der Waals surface area contributed by atoms with Gasteiger partial charge in [0.15, 0.2) is 0 Å². The zero-order valence-corrected chi connectivity index (χ0v) is 12.5. The summed E-state index contributed by atoms with van der Waals surface area (Å²) in [7, 11) is 0. The van der Waals surface area contributed by atoms with E-state index in [1.165, 1.54) is 48.0 Å². The van der Waals surface area contributed by atoms with E-state index in [2.05, 4.69) is 52.9 Å². The Bertz CT molecular complexity index is 367. The van der Waals surface area contributed by atoms with E-state index in [4.69, 9.17) is 0 Å². The highest BCUT2D eigenvalue weighted by atomic mass is 79.9. The first-order chi connectivity index (χ1) is 8.19. The lowest BCUT2D eigenvalue weighted by molar-refractivity contribution is 0.187. The topological polar surface area (TPSA) is 3.24 Å². The van der Waals surface area contributed by atoms with E-state index in [1.807, 2.05) is 0 Å². The molecule has 1 nitrogen and oxygen atoms in total. The van der Waals surface area contributed by atoms with E-state index in [0.29, 0.717) is 0 Å². The van der Waals surface area contributed by atoms with Crippen LogP contribution in [0.25, 0.3) is 0 Å². The molecule has 0 aromatic heterocycles. The van der Waals surface area contributed by atoms with Crippen LogP contribution in [-0.2, 0) is 6.54 Å². The van der Waals surface area contributed by atoms with Gasteiger partial charge in [-0.25, -0.2) is 0 Å². The molecule has 94 valence electrons. The average Bonchev–Trinajstić information content (AvgIpc) is 2.35. The number of piperidine rings is 1. The Morgan fingerprint density at radius 3 is 2.47 bits per heavy atom. The van der Waals surface area contributed by atoms with Crippen LogP contribution in [0.15, 0.2) is 18.2 Å². The Morgan fingerprint density at radius 1 is 1.18 bits per heavy atom. The molecule has 0 aliphatic carbocycles. The smallest absolute Gasteiger partial charge is 0.0233 e. The number of alkyl halides is 1. The molecule has 1 heterocycles. The molecule has 1 aliphatic heterocycles. The maximum absolute atomic E-state index is 3.60. The summed E-state index contributed by atoms with van der Waals surface area (Å²) >= 11 is 3.60. The lowest BCUT2D eigenvalue weighted by Crippen LogP contribution is -2.33. The summed E-state index contributed by atoms with van der Waals surface area (Å²) in [6.07, 6.45) is 2.69. The number of nitrogens with zero attached hydrogens (tertiary/aromatic N) is 1. The van der Waals surface area contributed by atoms with Crippen LogP contribution in [-0.4, -0.2) is 23.3 Å². The highest BCUT2D eigenvalue weighted by Crippen LogP contribution is 2.21. The van der Waals surface area contributed by atoms with Gasteiger partial charge in [0.25, 0.3) is 0 Å². The predicted octanol–water partition coefficient (Wildman–Crippen LogP) is 3.91. The lowest BCUT2D eigenvalue weighted by Gasteiger charge is -2.31. The fraction of sp³-hybridized carbons (Fsp3) is 0.600. The molecule has 0 spiro atoms. The molecule has 1 aromatic rings. The maximum Gasteiger partial charge on any atom is 0.0233 e. The highest BCUT2D eigenvalue weighted by molar-refractivity contribution is 9.09. The number of halogens is 1. The van der Waals surface area contributed by atoms with Crippen LogP contribution in [0.1, 0.15) is 29.5 Å². The standard InChI is InChI=1S/C15H22BrN/c1-12-3-4-15(9-13(12)2)11-17-7-5-14(10-16)6-8-17/h3-4,9,14H,5-8,10-11H2,1-2H3. The third kappa shape index (κ3) is 3.56. The Balaban J connectivity index is 1.91. The van der Waals surface area contributed by atoms with Gasteiger partial charge < -0.3 is 0 Å². The molecule has 0 saturated carbocycles. The fourth-order valence-corrected chi connectivity index (χ4v) is 3.11. The Labute approximate surface area is 113 Å². The highest BCUT2D eigenvalue weighted by Gasteiger charge is 2.18. The van der Waals surface area contributed by atoms with E-state index in [-0.39, 0.29) is 0 Å². The van der Waals surface area contributed by atoms with Crippen LogP contribution in [0.2, 0.25) is 0 Å². The first-order valence-corrected chi connectivity index (χ1v) is 7.65. The van der Waals surface area contributed by atoms with Crippen molar-refractivity contribution in [1.82, 2.24) is 4.90 Å². The second-order valence-corrected chi connectivity index (χ2v) is 5.94. The Kier molecular flexibility index (Phi) is 4.63. The summed E-state index contributed by atoms with van der Waals surface area (Å²) < 4.78 is 0. The number of likely N-dealkylation sites (tertiary alicyclic amines) is 1. The van der Waals surface area contributed by atoms with Gasteiger partial charge in [0.1, 0.15) is 0 Å². The normalized spacial score (nSPS) is 18.5. The second kappa shape index (κ2) is 6.01. The van der Waals surface area contributed by atoms with E-state index in [0.717, 1.165) is 12.5 Å². The van der Waals surface area contributed by atoms with Crippen molar-refractivity contribution in [2.45, 2.75) is 33.2 Å². The predicted molar refractivity (Wildman–Crippen MR) is 77.7 cm³/mol. The summed E-state index contributed by atoms with van der Waals surface area (Å²) in [5.74, 6) is 0.894. The molecule has 17 heavy (non-hydrogen) atoms. The van der Waals surface area contributed by atoms with Gasteiger partial charge in [0, 0.05) is 11.9 Å². The van der Waals surface area contributed by atoms with Gasteiger partial charge in [0.05, 0.1) is 0 Å². The minimum atomic E-state index is 0.894. The van der Waals surface area contributed by atoms with Gasteiger partial charge in [0.2, 0.25) is 0 Å². The molecule has 2 rings (SSSR count). The summed E-state index contributed by atoms with van der Waals surface area (Å²) in [5, 5.41) is 1.17. The van der Waals surface area contributed by atoms with Crippen LogP contribution >= 0.6 is 15.9 Å². The molecule has 2 heteroatoms. The van der Waals surface area contributed by atoms with Crippen molar-refractivity contribution in [2.24, 2.45) is 5.92 Å². The molecule has 1 saturated heterocycles. The van der Waals surface area contributed by atoms with Crippen LogP contribution in [0, 0.1) is 19.8 Å². The first kappa shape index (κ1) is 13.1. The Hall–Kier alpha value is -0.340. The third-order valence-corrected chi connectivity index (χ3v) is 4.82. The number of benzene rings is 1. The molecule has 0 amide bonds. The minimum absolute atomic E-state index is 0.894. The van der Waals surface area contributed by atoms with Crippen molar-refractivity contribution in [3.63, 3.8) is 0 Å². The van der Waals surface area contributed by atoms with Crippen LogP contribution in [0.4, 0.5) is 0 Å². The molecule has 0 atom stereocenters. The maximum atomic E-state index is 3.60. The molecule has 0 N–H and O–H groups in total. The van der Waals surface area contributed by atoms with Crippen molar-refractivity contribution in [3.8, 4) is 0 Å². The van der Waals surface area contributed by atoms with E-state index in [1.54, 1.807) is 0 Å². The SMILES string of the molecule is Cc1ccc(CN2CCC(CBr)CC2)cc1C. The van der Waals surface area contributed by atoms with Crippen molar-refractivity contribution < 1.29 is 0 Å². The van der Waals surface area contributed by atoms with Gasteiger partial charge in [-0.1, -0.05) is 34.1 Å². The van der Waals surface area contributed by atoms with Crippen molar-refractivity contribution in [1.29, 1.82) is 0 Å². The number of hydrogen-bond donors (Lipinski definition) is 0. The zero-order valence-electron chi connectivity index (χ0n) is 10.9. The van der Waals surface area contributed by atoms with Gasteiger partial charge in [-0.05, 0) is 62.4 Å². The second-order valence-electron chi connectivity index (χ2n) is 5.29. The number of aryl methyl sites for hydroxylation is 2. The van der Waals surface area contributed by atoms with Gasteiger partial charge in [-0.3, -0.25) is 4.90 Å². The molecule has 1 fully saturated rings. The molecule has 1 aromatic carbocycles. The van der Waals surface area contributed by atoms with Gasteiger partial charge >= 0.3 is 0 Å². The van der Waals surface area contributed by atoms with Crippen LogP contribution in [0.3, 0.4) is 0 Å². The van der Waals surface area contributed by atoms with Crippen molar-refractivity contribution in [3.05, 3.63) is 34.9 Å². The lowest BCUT2D eigenvalue weighted by atomic mass is 9.98. The third-order valence-electron chi connectivity index (χ3n) is 3.90. The molecule has 0 bridgehead atoms. The average molecular weight is 296 g/mol. The molecule has 1 aliphatic rings. The summed E-state index contributed by atoms with van der Waals surface area (Å²) in [4.78, 5) is 2.59. The van der Waals surface area contributed by atoms with Gasteiger partial charge in [-0.15, -0.1) is 0 Å². The zero-order chi connectivity index (χ0) is 12.3. The summed E-state index contributed by atoms with van der Waals surface area (Å²) in [6, 6.07) is 6.86. The first-order valence-electron chi connectivity index (χ1n) is 6.53. The van der Waals surface area contributed by atoms with Crippen molar-refractivity contribution in [2.75, 3.05) is 18.4 Å². The Morgan fingerprint density at radius 2 is 1.88 bits per heavy atom. The van der Waals surface area contributed by atoms with Crippen molar-refractivity contribution >= 4 is 15.9 Å². The summed E-state index contributed by atoms with van der Waals surface area (Å²) in [6.45, 7) is 8.01. The summed E-state index contributed by atoms with van der Waals surface area (Å²) in [5.41, 5.74) is 4.27. The number of hydrogen-bond acceptors (Lipinski definition) is 1. The van der Waals surface area contributed by atoms with E-state index >= 15 is 0 Å². The molecule has 0 radical (unpaired) electrons. The molecular weight excluding hydrogens is 274 g/mol. The monoisotopic (exact) mass is 295 g/mol. The van der Waals surface area contributed by atoms with Crippen LogP contribution < -0.4 is 0 Å². The van der Waals surface area contributed by atoms with Crippen LogP contribution in [0.5, 0.6) is 0 Å². The fourth-order valence-electron chi connectivity index (χ4n) is 2.46. The molecule has 0 unspecified atom stereocenters. The largest absolute Gasteiger partial charge is 0.299 e. The van der Waals surface area contributed by atoms with E-state index in [9.17, 15) is 0 Å². The minimum Gasteiger partial charge on any atom is -0.299 e.